The summed E-state index contributed by atoms with van der Waals surface area (Å²) in [6, 6.07) is 13.2. The third kappa shape index (κ3) is 2.83. The Hall–Kier alpha value is -1.26. The van der Waals surface area contributed by atoms with Gasteiger partial charge in [0.15, 0.2) is 0 Å². The second-order valence-electron chi connectivity index (χ2n) is 6.48. The van der Waals surface area contributed by atoms with Gasteiger partial charge in [0.25, 0.3) is 5.91 Å². The molecule has 2 aromatic rings. The van der Waals surface area contributed by atoms with E-state index in [2.05, 4.69) is 40.8 Å². The average molecular weight is 344 g/mol. The van der Waals surface area contributed by atoms with Crippen molar-refractivity contribution in [3.8, 4) is 10.4 Å². The van der Waals surface area contributed by atoms with Crippen LogP contribution in [0.4, 0.5) is 0 Å². The summed E-state index contributed by atoms with van der Waals surface area (Å²) in [6.45, 7) is 0. The largest absolute Gasteiger partial charge is 0.333 e. The summed E-state index contributed by atoms with van der Waals surface area (Å²) in [5.41, 5.74) is 2.03. The van der Waals surface area contributed by atoms with Crippen molar-refractivity contribution in [1.29, 1.82) is 0 Å². The number of thiophene rings is 1. The molecule has 0 saturated carbocycles. The van der Waals surface area contributed by atoms with Gasteiger partial charge in [-0.05, 0) is 61.1 Å². The van der Waals surface area contributed by atoms with E-state index < -0.39 is 0 Å². The fourth-order valence-electron chi connectivity index (χ4n) is 4.02. The molecule has 1 aromatic heterocycles. The second kappa shape index (κ2) is 6.33. The Morgan fingerprint density at radius 2 is 1.83 bits per heavy atom. The molecule has 0 aliphatic carbocycles. The Morgan fingerprint density at radius 1 is 1.13 bits per heavy atom. The van der Waals surface area contributed by atoms with Gasteiger partial charge in [-0.25, -0.2) is 0 Å². The number of hydrogen-bond acceptors (Lipinski definition) is 3. The van der Waals surface area contributed by atoms with Gasteiger partial charge in [0.1, 0.15) is 0 Å². The van der Waals surface area contributed by atoms with E-state index in [1.54, 1.807) is 11.3 Å². The zero-order valence-corrected chi connectivity index (χ0v) is 14.9. The molecule has 1 aromatic carbocycles. The lowest BCUT2D eigenvalue weighted by atomic mass is 10.0. The third-order valence-electron chi connectivity index (χ3n) is 5.20. The molecule has 2 bridgehead atoms. The molecule has 2 aliphatic rings. The van der Waals surface area contributed by atoms with E-state index in [9.17, 15) is 4.79 Å². The van der Waals surface area contributed by atoms with Crippen LogP contribution in [-0.4, -0.2) is 34.4 Å². The molecule has 2 saturated heterocycles. The highest BCUT2D eigenvalue weighted by molar-refractivity contribution is 7.99. The molecule has 23 heavy (non-hydrogen) atoms. The molecule has 4 rings (SSSR count). The molecule has 0 N–H and O–H groups in total. The van der Waals surface area contributed by atoms with Gasteiger partial charge in [0, 0.05) is 27.8 Å². The number of amides is 1. The summed E-state index contributed by atoms with van der Waals surface area (Å²) < 4.78 is 0. The maximum absolute atomic E-state index is 13.0. The van der Waals surface area contributed by atoms with Crippen molar-refractivity contribution in [3.63, 3.8) is 0 Å². The lowest BCUT2D eigenvalue weighted by Gasteiger charge is -2.38. The quantitative estimate of drug-likeness (QED) is 0.789. The number of carbonyl (C=O) groups excluding carboxylic acids is 1. The van der Waals surface area contributed by atoms with Gasteiger partial charge in [-0.3, -0.25) is 4.79 Å². The Morgan fingerprint density at radius 3 is 2.39 bits per heavy atom. The van der Waals surface area contributed by atoms with Gasteiger partial charge < -0.3 is 4.90 Å². The van der Waals surface area contributed by atoms with Crippen molar-refractivity contribution < 1.29 is 4.79 Å². The monoisotopic (exact) mass is 343 g/mol. The SMILES string of the molecule is CSC1C[C@H]2CC[C@@H](C1)N2C(=O)c1ccc(-c2cccs2)cc1. The summed E-state index contributed by atoms with van der Waals surface area (Å²) in [5, 5.41) is 2.82. The van der Waals surface area contributed by atoms with E-state index in [1.165, 1.54) is 23.3 Å². The van der Waals surface area contributed by atoms with Gasteiger partial charge in [-0.2, -0.15) is 11.8 Å². The maximum Gasteiger partial charge on any atom is 0.254 e. The van der Waals surface area contributed by atoms with E-state index in [-0.39, 0.29) is 5.91 Å². The predicted octanol–water partition coefficient (Wildman–Crippen LogP) is 4.91. The van der Waals surface area contributed by atoms with Crippen molar-refractivity contribution in [2.45, 2.75) is 43.0 Å². The standard InChI is InChI=1S/C19H21NOS2/c1-22-17-11-15-8-9-16(12-17)20(15)19(21)14-6-4-13(5-7-14)18-3-2-10-23-18/h2-7,10,15-17H,8-9,11-12H2,1H3/t15-,16+,17?. The summed E-state index contributed by atoms with van der Waals surface area (Å²) in [6.07, 6.45) is 6.89. The zero-order valence-electron chi connectivity index (χ0n) is 13.3. The minimum atomic E-state index is 0.231. The van der Waals surface area contributed by atoms with Crippen molar-refractivity contribution >= 4 is 29.0 Å². The van der Waals surface area contributed by atoms with Gasteiger partial charge in [-0.1, -0.05) is 18.2 Å². The second-order valence-corrected chi connectivity index (χ2v) is 8.57. The van der Waals surface area contributed by atoms with E-state index in [4.69, 9.17) is 0 Å². The number of piperidine rings is 1. The van der Waals surface area contributed by atoms with Gasteiger partial charge in [-0.15, -0.1) is 11.3 Å². The highest BCUT2D eigenvalue weighted by Crippen LogP contribution is 2.40. The van der Waals surface area contributed by atoms with Crippen molar-refractivity contribution in [2.75, 3.05) is 6.26 Å². The molecule has 0 radical (unpaired) electrons. The number of thioether (sulfide) groups is 1. The summed E-state index contributed by atoms with van der Waals surface area (Å²) in [4.78, 5) is 16.4. The van der Waals surface area contributed by atoms with E-state index in [0.29, 0.717) is 12.1 Å². The molecule has 1 unspecified atom stereocenters. The van der Waals surface area contributed by atoms with E-state index in [1.807, 2.05) is 23.9 Å². The normalized spacial score (nSPS) is 26.5. The first-order valence-electron chi connectivity index (χ1n) is 8.25. The number of hydrogen-bond donors (Lipinski definition) is 0. The fourth-order valence-corrected chi connectivity index (χ4v) is 5.58. The van der Waals surface area contributed by atoms with Crippen LogP contribution in [0.5, 0.6) is 0 Å². The van der Waals surface area contributed by atoms with Crippen molar-refractivity contribution in [3.05, 3.63) is 47.3 Å². The Bertz CT molecular complexity index is 666. The van der Waals surface area contributed by atoms with Crippen LogP contribution in [-0.2, 0) is 0 Å². The first-order chi connectivity index (χ1) is 11.3. The maximum atomic E-state index is 13.0. The van der Waals surface area contributed by atoms with E-state index in [0.717, 1.165) is 23.7 Å². The molecule has 2 nitrogen and oxygen atoms in total. The average Bonchev–Trinajstić information content (AvgIpc) is 3.21. The highest BCUT2D eigenvalue weighted by atomic mass is 32.2. The summed E-state index contributed by atoms with van der Waals surface area (Å²) in [7, 11) is 0. The van der Waals surface area contributed by atoms with Crippen molar-refractivity contribution in [1.82, 2.24) is 4.90 Å². The third-order valence-corrected chi connectivity index (χ3v) is 7.17. The van der Waals surface area contributed by atoms with Crippen LogP contribution in [0.3, 0.4) is 0 Å². The molecular weight excluding hydrogens is 322 g/mol. The molecule has 0 spiro atoms. The molecule has 2 fully saturated rings. The molecule has 3 atom stereocenters. The summed E-state index contributed by atoms with van der Waals surface area (Å²) in [5.74, 6) is 0.231. The van der Waals surface area contributed by atoms with Crippen LogP contribution < -0.4 is 0 Å². The van der Waals surface area contributed by atoms with Crippen LogP contribution in [0, 0.1) is 0 Å². The Balaban J connectivity index is 1.53. The zero-order chi connectivity index (χ0) is 15.8. The molecule has 120 valence electrons. The molecular formula is C19H21NOS2. The van der Waals surface area contributed by atoms with Crippen LogP contribution in [0.15, 0.2) is 41.8 Å². The smallest absolute Gasteiger partial charge is 0.254 e. The molecule has 2 aliphatic heterocycles. The Labute approximate surface area is 145 Å². The minimum Gasteiger partial charge on any atom is -0.333 e. The lowest BCUT2D eigenvalue weighted by molar-refractivity contribution is 0.0602. The predicted molar refractivity (Wildman–Crippen MR) is 99.3 cm³/mol. The van der Waals surface area contributed by atoms with Crippen LogP contribution in [0.1, 0.15) is 36.0 Å². The molecule has 3 heterocycles. The minimum absolute atomic E-state index is 0.231. The summed E-state index contributed by atoms with van der Waals surface area (Å²) >= 11 is 3.70. The first kappa shape index (κ1) is 15.3. The lowest BCUT2D eigenvalue weighted by Crippen LogP contribution is -2.47. The Kier molecular flexibility index (Phi) is 4.20. The number of benzene rings is 1. The molecule has 4 heteroatoms. The van der Waals surface area contributed by atoms with Crippen LogP contribution >= 0.6 is 23.1 Å². The van der Waals surface area contributed by atoms with Gasteiger partial charge in [0.05, 0.1) is 0 Å². The van der Waals surface area contributed by atoms with E-state index >= 15 is 0 Å². The number of carbonyl (C=O) groups is 1. The fraction of sp³-hybridized carbons (Fsp3) is 0.421. The van der Waals surface area contributed by atoms with Gasteiger partial charge in [0.2, 0.25) is 0 Å². The van der Waals surface area contributed by atoms with Crippen LogP contribution in [0.25, 0.3) is 10.4 Å². The van der Waals surface area contributed by atoms with Crippen LogP contribution in [0.2, 0.25) is 0 Å². The molecule has 1 amide bonds. The first-order valence-corrected chi connectivity index (χ1v) is 10.4. The number of rotatable bonds is 3. The highest BCUT2D eigenvalue weighted by Gasteiger charge is 2.43. The number of fused-ring (bicyclic) bond motifs is 2. The van der Waals surface area contributed by atoms with Crippen molar-refractivity contribution in [2.24, 2.45) is 0 Å². The topological polar surface area (TPSA) is 20.3 Å². The number of nitrogens with zero attached hydrogens (tertiary/aromatic N) is 1. The van der Waals surface area contributed by atoms with Gasteiger partial charge >= 0.3 is 0 Å².